The highest BCUT2D eigenvalue weighted by Gasteiger charge is 2.29. The number of nitrogens with two attached hydrogens (primary N) is 1. The van der Waals surface area contributed by atoms with Gasteiger partial charge in [-0.3, -0.25) is 13.9 Å². The lowest BCUT2D eigenvalue weighted by molar-refractivity contribution is -0.132. The van der Waals surface area contributed by atoms with Gasteiger partial charge in [0, 0.05) is 58.8 Å². The maximum absolute atomic E-state index is 13.5. The number of benzene rings is 3. The molecule has 0 radical (unpaired) electrons. The Kier molecular flexibility index (Phi) is 9.97. The second-order valence-corrected chi connectivity index (χ2v) is 12.2. The zero-order chi connectivity index (χ0) is 32.0. The molecule has 0 spiro atoms. The first-order valence-corrected chi connectivity index (χ1v) is 16.2. The van der Waals surface area contributed by atoms with Crippen molar-refractivity contribution in [1.82, 2.24) is 23.6 Å². The molecule has 1 fully saturated rings. The van der Waals surface area contributed by atoms with Gasteiger partial charge < -0.3 is 24.7 Å². The third kappa shape index (κ3) is 6.65. The molecule has 10 nitrogen and oxygen atoms in total. The Hall–Kier alpha value is -4.25. The van der Waals surface area contributed by atoms with Crippen LogP contribution in [-0.2, 0) is 33.8 Å². The lowest BCUT2D eigenvalue weighted by atomic mass is 9.96. The Bertz CT molecular complexity index is 1840. The fourth-order valence-electron chi connectivity index (χ4n) is 6.79. The monoisotopic (exact) mass is 624 g/mol. The van der Waals surface area contributed by atoms with E-state index in [0.29, 0.717) is 32.7 Å². The van der Waals surface area contributed by atoms with Gasteiger partial charge in [0.25, 0.3) is 0 Å². The number of hydrogen-bond donors (Lipinski definition) is 1. The minimum atomic E-state index is -0.309. The van der Waals surface area contributed by atoms with E-state index in [4.69, 9.17) is 20.2 Å². The van der Waals surface area contributed by atoms with Crippen molar-refractivity contribution < 1.29 is 14.3 Å². The fourth-order valence-corrected chi connectivity index (χ4v) is 6.79. The maximum Gasteiger partial charge on any atom is 0.333 e. The Labute approximate surface area is 269 Å². The van der Waals surface area contributed by atoms with Crippen molar-refractivity contribution in [3.05, 3.63) is 94.7 Å². The van der Waals surface area contributed by atoms with Crippen molar-refractivity contribution in [3.8, 4) is 5.69 Å². The quantitative estimate of drug-likeness (QED) is 0.193. The minimum absolute atomic E-state index is 0.0892. The number of carbonyl (C=O) groups excluding carboxylic acids is 1. The lowest BCUT2D eigenvalue weighted by Gasteiger charge is -2.33. The average molecular weight is 625 g/mol. The highest BCUT2D eigenvalue weighted by molar-refractivity contribution is 5.79. The van der Waals surface area contributed by atoms with Gasteiger partial charge >= 0.3 is 5.69 Å². The fraction of sp³-hybridized carbons (Fsp3) is 0.417. The van der Waals surface area contributed by atoms with Crippen LogP contribution in [0.2, 0.25) is 0 Å². The van der Waals surface area contributed by atoms with Gasteiger partial charge in [-0.2, -0.15) is 0 Å². The van der Waals surface area contributed by atoms with Crippen molar-refractivity contribution >= 4 is 28.0 Å². The summed E-state index contributed by atoms with van der Waals surface area (Å²) in [5, 5.41) is 0. The molecule has 1 saturated heterocycles. The number of nitrogens with zero attached hydrogens (tertiary/aromatic N) is 5. The zero-order valence-corrected chi connectivity index (χ0v) is 26.8. The number of hydrogen-bond acceptors (Lipinski definition) is 6. The number of methoxy groups -OCH3 is 2. The van der Waals surface area contributed by atoms with Gasteiger partial charge in [-0.15, -0.1) is 0 Å². The first-order valence-electron chi connectivity index (χ1n) is 16.2. The van der Waals surface area contributed by atoms with Crippen LogP contribution in [0.15, 0.2) is 77.6 Å². The number of imidazole rings is 2. The summed E-state index contributed by atoms with van der Waals surface area (Å²) in [7, 11) is 3.36. The van der Waals surface area contributed by atoms with E-state index in [1.807, 2.05) is 59.5 Å². The first-order chi connectivity index (χ1) is 22.5. The van der Waals surface area contributed by atoms with E-state index in [0.717, 1.165) is 71.5 Å². The van der Waals surface area contributed by atoms with Crippen LogP contribution in [-0.4, -0.2) is 76.1 Å². The maximum atomic E-state index is 13.5. The average Bonchev–Trinajstić information content (AvgIpc) is 3.58. The Morgan fingerprint density at radius 2 is 1.63 bits per heavy atom. The topological polar surface area (TPSA) is 110 Å². The van der Waals surface area contributed by atoms with Crippen molar-refractivity contribution in [2.45, 2.75) is 57.2 Å². The number of para-hydroxylation sites is 4. The van der Waals surface area contributed by atoms with Gasteiger partial charge in [-0.1, -0.05) is 36.4 Å². The standard InChI is InChI=1S/C36H44N6O4/c1-45-21-8-19-40-31-11-4-3-10-30(31)38-35(40)27-9-7-18-39(25-27)34(43)24-28(37)23-26-14-16-29(17-15-26)42-33-13-6-5-12-32(33)41(36(42)44)20-22-46-2/h3-6,10-17,27-28H,7-9,18-25,37H2,1-2H3/t27-,28-/m1/s1. The van der Waals surface area contributed by atoms with Gasteiger partial charge in [0.1, 0.15) is 5.82 Å². The number of amides is 1. The summed E-state index contributed by atoms with van der Waals surface area (Å²) in [6, 6.07) is 23.6. The molecule has 6 rings (SSSR count). The minimum Gasteiger partial charge on any atom is -0.385 e. The largest absolute Gasteiger partial charge is 0.385 e. The molecule has 0 unspecified atom stereocenters. The molecule has 1 amide bonds. The molecule has 2 aromatic heterocycles. The lowest BCUT2D eigenvalue weighted by Crippen LogP contribution is -2.42. The van der Waals surface area contributed by atoms with Crippen LogP contribution in [0.25, 0.3) is 27.8 Å². The number of fused-ring (bicyclic) bond motifs is 2. The molecular weight excluding hydrogens is 580 g/mol. The van der Waals surface area contributed by atoms with Crippen LogP contribution >= 0.6 is 0 Å². The smallest absolute Gasteiger partial charge is 0.333 e. The van der Waals surface area contributed by atoms with E-state index in [9.17, 15) is 9.59 Å². The molecule has 1 aliphatic rings. The van der Waals surface area contributed by atoms with E-state index < -0.39 is 0 Å². The number of rotatable bonds is 13. The third-order valence-electron chi connectivity index (χ3n) is 9.04. The molecule has 0 saturated carbocycles. The normalized spacial score (nSPS) is 16.0. The van der Waals surface area contributed by atoms with Crippen LogP contribution in [0.1, 0.15) is 43.0 Å². The van der Waals surface area contributed by atoms with Gasteiger partial charge in [-0.05, 0) is 67.6 Å². The van der Waals surface area contributed by atoms with Crippen LogP contribution in [0, 0.1) is 0 Å². The van der Waals surface area contributed by atoms with Crippen LogP contribution < -0.4 is 11.4 Å². The predicted octanol–water partition coefficient (Wildman–Crippen LogP) is 4.49. The number of likely N-dealkylation sites (tertiary alicyclic amines) is 1. The summed E-state index contributed by atoms with van der Waals surface area (Å²) in [6.07, 6.45) is 3.71. The summed E-state index contributed by atoms with van der Waals surface area (Å²) in [5.41, 5.74) is 12.1. The summed E-state index contributed by atoms with van der Waals surface area (Å²) in [6.45, 7) is 3.86. The molecule has 2 N–H and O–H groups in total. The molecule has 3 heterocycles. The van der Waals surface area contributed by atoms with Gasteiger partial charge in [0.2, 0.25) is 5.91 Å². The van der Waals surface area contributed by atoms with Crippen molar-refractivity contribution in [2.24, 2.45) is 5.73 Å². The number of aryl methyl sites for hydroxylation is 1. The molecular formula is C36H44N6O4. The van der Waals surface area contributed by atoms with Crippen molar-refractivity contribution in [3.63, 3.8) is 0 Å². The molecule has 5 aromatic rings. The van der Waals surface area contributed by atoms with Crippen molar-refractivity contribution in [2.75, 3.05) is 40.5 Å². The Balaban J connectivity index is 1.11. The number of ether oxygens (including phenoxy) is 2. The highest BCUT2D eigenvalue weighted by atomic mass is 16.5. The third-order valence-corrected chi connectivity index (χ3v) is 9.04. The number of piperidine rings is 1. The summed E-state index contributed by atoms with van der Waals surface area (Å²) < 4.78 is 16.3. The first kappa shape index (κ1) is 31.7. The van der Waals surface area contributed by atoms with Gasteiger partial charge in [-0.25, -0.2) is 9.78 Å². The summed E-state index contributed by atoms with van der Waals surface area (Å²) in [5.74, 6) is 1.33. The van der Waals surface area contributed by atoms with Crippen LogP contribution in [0.4, 0.5) is 0 Å². The number of aromatic nitrogens is 4. The van der Waals surface area contributed by atoms with Crippen LogP contribution in [0.5, 0.6) is 0 Å². The molecule has 46 heavy (non-hydrogen) atoms. The predicted molar refractivity (Wildman–Crippen MR) is 180 cm³/mol. The summed E-state index contributed by atoms with van der Waals surface area (Å²) in [4.78, 5) is 33.8. The van der Waals surface area contributed by atoms with E-state index in [1.54, 1.807) is 23.4 Å². The molecule has 0 bridgehead atoms. The van der Waals surface area contributed by atoms with E-state index in [2.05, 4.69) is 22.8 Å². The molecule has 3 aromatic carbocycles. The van der Waals surface area contributed by atoms with Gasteiger partial charge in [0.15, 0.2) is 0 Å². The Morgan fingerprint density at radius 1 is 0.913 bits per heavy atom. The van der Waals surface area contributed by atoms with Gasteiger partial charge in [0.05, 0.1) is 40.9 Å². The molecule has 10 heteroatoms. The van der Waals surface area contributed by atoms with Crippen LogP contribution in [0.3, 0.4) is 0 Å². The molecule has 2 atom stereocenters. The molecule has 0 aliphatic carbocycles. The Morgan fingerprint density at radius 3 is 2.39 bits per heavy atom. The highest BCUT2D eigenvalue weighted by Crippen LogP contribution is 2.30. The van der Waals surface area contributed by atoms with E-state index in [-0.39, 0.29) is 30.0 Å². The molecule has 1 aliphatic heterocycles. The van der Waals surface area contributed by atoms with Crippen molar-refractivity contribution in [1.29, 1.82) is 0 Å². The summed E-state index contributed by atoms with van der Waals surface area (Å²) >= 11 is 0. The zero-order valence-electron chi connectivity index (χ0n) is 26.8. The molecule has 242 valence electrons. The second-order valence-electron chi connectivity index (χ2n) is 12.2. The van der Waals surface area contributed by atoms with E-state index in [1.165, 1.54) is 0 Å². The van der Waals surface area contributed by atoms with E-state index >= 15 is 0 Å². The number of carbonyl (C=O) groups is 1. The second kappa shape index (κ2) is 14.5. The SMILES string of the molecule is COCCCn1c([C@@H]2CCCN(C(=O)C[C@H](N)Cc3ccc(-n4c(=O)n(CCOC)c5ccccc54)cc3)C2)nc2ccccc21.